The van der Waals surface area contributed by atoms with Crippen molar-refractivity contribution in [3.8, 4) is 0 Å². The quantitative estimate of drug-likeness (QED) is 0.525. The molecule has 0 fully saturated rings. The molecule has 0 atom stereocenters. The number of aromatic nitrogens is 1. The summed E-state index contributed by atoms with van der Waals surface area (Å²) in [5.41, 5.74) is -0.0835. The largest absolute Gasteiger partial charge is 0.329 e. The number of amides is 2. The van der Waals surface area contributed by atoms with Gasteiger partial charge in [0.15, 0.2) is 5.13 Å². The monoisotopic (exact) mass is 410 g/mol. The Kier molecular flexibility index (Phi) is 7.26. The van der Waals surface area contributed by atoms with E-state index in [0.717, 1.165) is 6.07 Å². The number of nitro benzene ring substituents is 1. The van der Waals surface area contributed by atoms with Gasteiger partial charge in [-0.1, -0.05) is 25.4 Å². The Bertz CT molecular complexity index is 826. The molecule has 1 aromatic heterocycles. The number of benzene rings is 1. The molecule has 0 saturated heterocycles. The van der Waals surface area contributed by atoms with Crippen LogP contribution in [0.25, 0.3) is 0 Å². The van der Waals surface area contributed by atoms with Crippen LogP contribution in [0.3, 0.4) is 0 Å². The summed E-state index contributed by atoms with van der Waals surface area (Å²) < 4.78 is 0. The van der Waals surface area contributed by atoms with Gasteiger partial charge in [0, 0.05) is 30.3 Å². The molecule has 27 heavy (non-hydrogen) atoms. The number of non-ortho nitro benzene ring substituents is 1. The fourth-order valence-corrected chi connectivity index (χ4v) is 3.05. The van der Waals surface area contributed by atoms with E-state index in [4.69, 9.17) is 11.6 Å². The molecule has 0 bridgehead atoms. The highest BCUT2D eigenvalue weighted by Gasteiger charge is 2.23. The van der Waals surface area contributed by atoms with E-state index in [2.05, 4.69) is 10.3 Å². The summed E-state index contributed by atoms with van der Waals surface area (Å²) in [7, 11) is 0. The van der Waals surface area contributed by atoms with E-state index in [-0.39, 0.29) is 28.7 Å². The van der Waals surface area contributed by atoms with Crippen LogP contribution >= 0.6 is 22.9 Å². The molecule has 0 unspecified atom stereocenters. The number of hydrogen-bond donors (Lipinski definition) is 1. The van der Waals surface area contributed by atoms with Crippen molar-refractivity contribution >= 4 is 45.6 Å². The molecule has 0 radical (unpaired) electrons. The van der Waals surface area contributed by atoms with E-state index < -0.39 is 10.8 Å². The third-order valence-corrected chi connectivity index (χ3v) is 4.67. The van der Waals surface area contributed by atoms with Gasteiger partial charge in [0.2, 0.25) is 5.91 Å². The number of anilines is 1. The molecule has 0 spiro atoms. The molecule has 10 heteroatoms. The Morgan fingerprint density at radius 3 is 2.70 bits per heavy atom. The average Bonchev–Trinajstić information content (AvgIpc) is 3.10. The van der Waals surface area contributed by atoms with Crippen LogP contribution in [0.4, 0.5) is 10.8 Å². The third-order valence-electron chi connectivity index (χ3n) is 3.67. The maximum absolute atomic E-state index is 12.9. The Morgan fingerprint density at radius 2 is 2.15 bits per heavy atom. The predicted molar refractivity (Wildman–Crippen MR) is 104 cm³/mol. The molecule has 1 aromatic carbocycles. The first kappa shape index (κ1) is 20.8. The van der Waals surface area contributed by atoms with Crippen LogP contribution in [0.15, 0.2) is 29.8 Å². The summed E-state index contributed by atoms with van der Waals surface area (Å²) in [6.45, 7) is 4.21. The second-order valence-electron chi connectivity index (χ2n) is 6.22. The van der Waals surface area contributed by atoms with E-state index in [0.29, 0.717) is 24.0 Å². The second kappa shape index (κ2) is 9.43. The normalized spacial score (nSPS) is 10.7. The zero-order chi connectivity index (χ0) is 20.0. The van der Waals surface area contributed by atoms with Crippen molar-refractivity contribution in [2.45, 2.75) is 20.3 Å². The number of thiazole rings is 1. The molecule has 144 valence electrons. The lowest BCUT2D eigenvalue weighted by Crippen LogP contribution is -2.39. The van der Waals surface area contributed by atoms with Gasteiger partial charge in [0.05, 0.1) is 15.5 Å². The fraction of sp³-hybridized carbons (Fsp3) is 0.353. The molecule has 1 heterocycles. The number of nitro groups is 1. The van der Waals surface area contributed by atoms with Gasteiger partial charge in [-0.3, -0.25) is 19.7 Å². The van der Waals surface area contributed by atoms with Crippen LogP contribution < -0.4 is 5.32 Å². The predicted octanol–water partition coefficient (Wildman–Crippen LogP) is 3.83. The van der Waals surface area contributed by atoms with Crippen molar-refractivity contribution in [1.29, 1.82) is 0 Å². The highest BCUT2D eigenvalue weighted by atomic mass is 35.5. The van der Waals surface area contributed by atoms with Gasteiger partial charge in [-0.15, -0.1) is 11.3 Å². The molecule has 0 aliphatic carbocycles. The summed E-state index contributed by atoms with van der Waals surface area (Å²) in [6, 6.07) is 3.66. The first-order chi connectivity index (χ1) is 12.8. The molecule has 2 aromatic rings. The number of rotatable bonds is 8. The molecular weight excluding hydrogens is 392 g/mol. The lowest BCUT2D eigenvalue weighted by atomic mass is 10.1. The zero-order valence-corrected chi connectivity index (χ0v) is 16.4. The third kappa shape index (κ3) is 6.00. The van der Waals surface area contributed by atoms with Crippen molar-refractivity contribution in [3.05, 3.63) is 50.5 Å². The Balaban J connectivity index is 2.17. The topological polar surface area (TPSA) is 105 Å². The fourth-order valence-electron chi connectivity index (χ4n) is 2.25. The van der Waals surface area contributed by atoms with Gasteiger partial charge >= 0.3 is 0 Å². The minimum atomic E-state index is -0.585. The maximum atomic E-state index is 12.9. The molecule has 8 nitrogen and oxygen atoms in total. The van der Waals surface area contributed by atoms with Gasteiger partial charge in [0.25, 0.3) is 11.6 Å². The van der Waals surface area contributed by atoms with E-state index >= 15 is 0 Å². The summed E-state index contributed by atoms with van der Waals surface area (Å²) in [4.78, 5) is 40.8. The van der Waals surface area contributed by atoms with Gasteiger partial charge in [-0.2, -0.15) is 0 Å². The Morgan fingerprint density at radius 1 is 1.41 bits per heavy atom. The van der Waals surface area contributed by atoms with Crippen molar-refractivity contribution < 1.29 is 14.5 Å². The summed E-state index contributed by atoms with van der Waals surface area (Å²) in [5, 5.41) is 15.6. The van der Waals surface area contributed by atoms with Crippen LogP contribution in [0.5, 0.6) is 0 Å². The lowest BCUT2D eigenvalue weighted by molar-refractivity contribution is -0.384. The SMILES string of the molecule is CC(C)CCN(CC(=O)Nc1nccs1)C(=O)c1ccc([N+](=O)[O-])cc1Cl. The Hall–Kier alpha value is -2.52. The van der Waals surface area contributed by atoms with Crippen LogP contribution in [-0.2, 0) is 4.79 Å². The number of nitrogens with zero attached hydrogens (tertiary/aromatic N) is 3. The van der Waals surface area contributed by atoms with E-state index in [1.807, 2.05) is 13.8 Å². The molecular formula is C17H19ClN4O4S. The first-order valence-electron chi connectivity index (χ1n) is 8.20. The smallest absolute Gasteiger partial charge is 0.270 e. The highest BCUT2D eigenvalue weighted by Crippen LogP contribution is 2.24. The number of carbonyl (C=O) groups is 2. The summed E-state index contributed by atoms with van der Waals surface area (Å²) in [5.74, 6) is -0.500. The number of nitrogens with one attached hydrogen (secondary N) is 1. The average molecular weight is 411 g/mol. The first-order valence-corrected chi connectivity index (χ1v) is 9.46. The lowest BCUT2D eigenvalue weighted by Gasteiger charge is -2.23. The molecule has 0 aliphatic heterocycles. The highest BCUT2D eigenvalue weighted by molar-refractivity contribution is 7.13. The van der Waals surface area contributed by atoms with E-state index in [1.54, 1.807) is 11.6 Å². The molecule has 2 amide bonds. The standard InChI is InChI=1S/C17H19ClN4O4S/c1-11(2)5-7-21(10-15(23)20-17-19-6-8-27-17)16(24)13-4-3-12(22(25)26)9-14(13)18/h3-4,6,8-9,11H,5,7,10H2,1-2H3,(H,19,20,23). The van der Waals surface area contributed by atoms with Gasteiger partial charge in [0.1, 0.15) is 6.54 Å². The Labute approximate surface area is 165 Å². The van der Waals surface area contributed by atoms with Gasteiger partial charge in [-0.05, 0) is 18.4 Å². The number of hydrogen-bond acceptors (Lipinski definition) is 6. The van der Waals surface area contributed by atoms with Crippen molar-refractivity contribution in [2.75, 3.05) is 18.4 Å². The van der Waals surface area contributed by atoms with Crippen molar-refractivity contribution in [3.63, 3.8) is 0 Å². The molecule has 0 aliphatic rings. The molecule has 1 N–H and O–H groups in total. The number of halogens is 1. The van der Waals surface area contributed by atoms with Crippen LogP contribution in [0.2, 0.25) is 5.02 Å². The van der Waals surface area contributed by atoms with Crippen LogP contribution in [-0.4, -0.2) is 39.7 Å². The zero-order valence-electron chi connectivity index (χ0n) is 14.8. The van der Waals surface area contributed by atoms with E-state index in [1.165, 1.54) is 28.4 Å². The van der Waals surface area contributed by atoms with Crippen LogP contribution in [0.1, 0.15) is 30.6 Å². The summed E-state index contributed by atoms with van der Waals surface area (Å²) in [6.07, 6.45) is 2.26. The maximum Gasteiger partial charge on any atom is 0.270 e. The van der Waals surface area contributed by atoms with Crippen molar-refractivity contribution in [2.24, 2.45) is 5.92 Å². The summed E-state index contributed by atoms with van der Waals surface area (Å²) >= 11 is 7.34. The minimum Gasteiger partial charge on any atom is -0.329 e. The minimum absolute atomic E-state index is 0.0240. The van der Waals surface area contributed by atoms with Gasteiger partial charge < -0.3 is 10.2 Å². The number of carbonyl (C=O) groups excluding carboxylic acids is 2. The molecule has 0 saturated carbocycles. The van der Waals surface area contributed by atoms with Crippen LogP contribution in [0, 0.1) is 16.0 Å². The van der Waals surface area contributed by atoms with Gasteiger partial charge in [-0.25, -0.2) is 4.98 Å². The van der Waals surface area contributed by atoms with E-state index in [9.17, 15) is 19.7 Å². The van der Waals surface area contributed by atoms with Crippen molar-refractivity contribution in [1.82, 2.24) is 9.88 Å². The second-order valence-corrected chi connectivity index (χ2v) is 7.52. The molecule has 2 rings (SSSR count).